The number of aromatic carboxylic acids is 1. The lowest BCUT2D eigenvalue weighted by molar-refractivity contribution is -0.255. The second kappa shape index (κ2) is 6.42. The molecule has 0 aliphatic rings. The highest BCUT2D eigenvalue weighted by atomic mass is 19.1. The Morgan fingerprint density at radius 2 is 1.57 bits per heavy atom. The fourth-order valence-electron chi connectivity index (χ4n) is 1.54. The molecule has 1 N–H and O–H groups in total. The van der Waals surface area contributed by atoms with Crippen LogP contribution in [0.2, 0.25) is 0 Å². The van der Waals surface area contributed by atoms with Crippen LogP contribution in [0.5, 0.6) is 0 Å². The third-order valence-corrected chi connectivity index (χ3v) is 2.63. The molecule has 6 heteroatoms. The number of carboxylic acids is 1. The van der Waals surface area contributed by atoms with Crippen molar-refractivity contribution in [2.45, 2.75) is 0 Å². The summed E-state index contributed by atoms with van der Waals surface area (Å²) in [5.74, 6) is -2.16. The molecule has 0 heterocycles. The SMILES string of the molecule is O=C([O-])c1ccc(/C=N\NC(=O)c2ccc(F)cc2)cc1. The molecule has 2 aromatic carbocycles. The Labute approximate surface area is 119 Å². The molecular formula is C15H10FN2O3-. The van der Waals surface area contributed by atoms with Crippen molar-refractivity contribution in [3.8, 4) is 0 Å². The standard InChI is InChI=1S/C15H11FN2O3/c16-13-7-5-11(6-8-13)14(19)18-17-9-10-1-3-12(4-2-10)15(20)21/h1-9H,(H,18,19)(H,20,21)/p-1/b17-9-. The average Bonchev–Trinajstić information content (AvgIpc) is 2.48. The van der Waals surface area contributed by atoms with Crippen LogP contribution < -0.4 is 10.5 Å². The molecule has 0 saturated carbocycles. The fraction of sp³-hybridized carbons (Fsp3) is 0. The molecular weight excluding hydrogens is 275 g/mol. The minimum atomic E-state index is -1.26. The smallest absolute Gasteiger partial charge is 0.271 e. The molecule has 0 fully saturated rings. The third kappa shape index (κ3) is 3.97. The topological polar surface area (TPSA) is 81.6 Å². The normalized spacial score (nSPS) is 10.5. The molecule has 106 valence electrons. The highest BCUT2D eigenvalue weighted by molar-refractivity contribution is 5.95. The molecule has 21 heavy (non-hydrogen) atoms. The molecule has 0 aromatic heterocycles. The van der Waals surface area contributed by atoms with Crippen molar-refractivity contribution >= 4 is 18.1 Å². The van der Waals surface area contributed by atoms with Crippen LogP contribution in [0.4, 0.5) is 4.39 Å². The van der Waals surface area contributed by atoms with Crippen molar-refractivity contribution in [2.75, 3.05) is 0 Å². The van der Waals surface area contributed by atoms with E-state index >= 15 is 0 Å². The second-order valence-corrected chi connectivity index (χ2v) is 4.12. The number of hydrogen-bond donors (Lipinski definition) is 1. The first-order valence-electron chi connectivity index (χ1n) is 5.96. The first kappa shape index (κ1) is 14.4. The Balaban J connectivity index is 1.97. The van der Waals surface area contributed by atoms with Crippen LogP contribution in [0.1, 0.15) is 26.3 Å². The molecule has 0 atom stereocenters. The van der Waals surface area contributed by atoms with Gasteiger partial charge in [-0.2, -0.15) is 5.10 Å². The molecule has 0 aliphatic heterocycles. The summed E-state index contributed by atoms with van der Waals surface area (Å²) < 4.78 is 12.7. The first-order chi connectivity index (χ1) is 10.1. The first-order valence-corrected chi connectivity index (χ1v) is 5.96. The molecule has 1 amide bonds. The number of nitrogens with one attached hydrogen (secondary N) is 1. The summed E-state index contributed by atoms with van der Waals surface area (Å²) in [6.45, 7) is 0. The number of hydrazone groups is 1. The van der Waals surface area contributed by atoms with Gasteiger partial charge in [-0.25, -0.2) is 9.82 Å². The predicted octanol–water partition coefficient (Wildman–Crippen LogP) is 0.953. The van der Waals surface area contributed by atoms with Crippen molar-refractivity contribution in [2.24, 2.45) is 5.10 Å². The number of nitrogens with zero attached hydrogens (tertiary/aromatic N) is 1. The molecule has 0 radical (unpaired) electrons. The van der Waals surface area contributed by atoms with Crippen LogP contribution in [-0.4, -0.2) is 18.1 Å². The molecule has 0 spiro atoms. The van der Waals surface area contributed by atoms with E-state index in [9.17, 15) is 19.1 Å². The average molecular weight is 285 g/mol. The summed E-state index contributed by atoms with van der Waals surface area (Å²) in [6.07, 6.45) is 1.36. The van der Waals surface area contributed by atoms with Crippen LogP contribution in [0.3, 0.4) is 0 Å². The lowest BCUT2D eigenvalue weighted by Gasteiger charge is -2.02. The zero-order valence-corrected chi connectivity index (χ0v) is 10.7. The summed E-state index contributed by atoms with van der Waals surface area (Å²) in [5, 5.41) is 14.3. The third-order valence-electron chi connectivity index (χ3n) is 2.63. The van der Waals surface area contributed by atoms with Crippen LogP contribution in [-0.2, 0) is 0 Å². The molecule has 0 unspecified atom stereocenters. The summed E-state index contributed by atoms with van der Waals surface area (Å²) in [5.41, 5.74) is 3.23. The minimum absolute atomic E-state index is 0.0579. The maximum absolute atomic E-state index is 12.7. The van der Waals surface area contributed by atoms with E-state index in [0.717, 1.165) is 0 Å². The summed E-state index contributed by atoms with van der Waals surface area (Å²) in [7, 11) is 0. The Morgan fingerprint density at radius 3 is 2.14 bits per heavy atom. The number of hydrogen-bond acceptors (Lipinski definition) is 4. The van der Waals surface area contributed by atoms with E-state index in [1.807, 2.05) is 0 Å². The van der Waals surface area contributed by atoms with Crippen LogP contribution in [0.25, 0.3) is 0 Å². The van der Waals surface area contributed by atoms with E-state index in [2.05, 4.69) is 10.5 Å². The zero-order chi connectivity index (χ0) is 15.2. The quantitative estimate of drug-likeness (QED) is 0.671. The van der Waals surface area contributed by atoms with Gasteiger partial charge >= 0.3 is 0 Å². The minimum Gasteiger partial charge on any atom is -0.545 e. The van der Waals surface area contributed by atoms with Gasteiger partial charge in [-0.05, 0) is 35.4 Å². The van der Waals surface area contributed by atoms with E-state index in [4.69, 9.17) is 0 Å². The number of carboxylic acid groups (broad SMARTS) is 1. The van der Waals surface area contributed by atoms with Crippen LogP contribution in [0.15, 0.2) is 53.6 Å². The van der Waals surface area contributed by atoms with Gasteiger partial charge in [-0.1, -0.05) is 24.3 Å². The van der Waals surface area contributed by atoms with Crippen molar-refractivity contribution < 1.29 is 19.1 Å². The van der Waals surface area contributed by atoms with E-state index in [-0.39, 0.29) is 11.1 Å². The lowest BCUT2D eigenvalue weighted by Crippen LogP contribution is -2.22. The number of amides is 1. The molecule has 0 saturated heterocycles. The monoisotopic (exact) mass is 285 g/mol. The molecule has 5 nitrogen and oxygen atoms in total. The summed E-state index contributed by atoms with van der Waals surface area (Å²) in [4.78, 5) is 22.2. The lowest BCUT2D eigenvalue weighted by atomic mass is 10.1. The van der Waals surface area contributed by atoms with Gasteiger partial charge in [0.15, 0.2) is 0 Å². The van der Waals surface area contributed by atoms with Crippen molar-refractivity contribution in [3.63, 3.8) is 0 Å². The van der Waals surface area contributed by atoms with Gasteiger partial charge in [-0.3, -0.25) is 4.79 Å². The maximum atomic E-state index is 12.7. The Morgan fingerprint density at radius 1 is 1.00 bits per heavy atom. The van der Waals surface area contributed by atoms with Crippen LogP contribution >= 0.6 is 0 Å². The molecule has 0 aliphatic carbocycles. The van der Waals surface area contributed by atoms with Crippen LogP contribution in [0, 0.1) is 5.82 Å². The number of rotatable bonds is 4. The highest BCUT2D eigenvalue weighted by Gasteiger charge is 2.03. The molecule has 2 aromatic rings. The number of carbonyl (C=O) groups excluding carboxylic acids is 2. The summed E-state index contributed by atoms with van der Waals surface area (Å²) >= 11 is 0. The predicted molar refractivity (Wildman–Crippen MR) is 72.2 cm³/mol. The molecule has 2 rings (SSSR count). The van der Waals surface area contributed by atoms with Crippen molar-refractivity contribution in [1.82, 2.24) is 5.43 Å². The Bertz CT molecular complexity index is 679. The zero-order valence-electron chi connectivity index (χ0n) is 10.7. The number of halogens is 1. The van der Waals surface area contributed by atoms with Gasteiger partial charge in [0.05, 0.1) is 12.2 Å². The largest absolute Gasteiger partial charge is 0.545 e. The van der Waals surface area contributed by atoms with Gasteiger partial charge in [0.2, 0.25) is 0 Å². The van der Waals surface area contributed by atoms with E-state index < -0.39 is 17.7 Å². The number of benzene rings is 2. The molecule has 0 bridgehead atoms. The van der Waals surface area contributed by atoms with Crippen molar-refractivity contribution in [3.05, 3.63) is 71.0 Å². The maximum Gasteiger partial charge on any atom is 0.271 e. The Kier molecular flexibility index (Phi) is 4.40. The highest BCUT2D eigenvalue weighted by Crippen LogP contribution is 2.03. The van der Waals surface area contributed by atoms with E-state index in [0.29, 0.717) is 5.56 Å². The van der Waals surface area contributed by atoms with E-state index in [1.54, 1.807) is 0 Å². The van der Waals surface area contributed by atoms with Gasteiger partial charge in [-0.15, -0.1) is 0 Å². The van der Waals surface area contributed by atoms with Gasteiger partial charge in [0.25, 0.3) is 5.91 Å². The fourth-order valence-corrected chi connectivity index (χ4v) is 1.54. The van der Waals surface area contributed by atoms with Gasteiger partial charge in [0.1, 0.15) is 5.82 Å². The summed E-state index contributed by atoms with van der Waals surface area (Å²) in [6, 6.07) is 10.8. The van der Waals surface area contributed by atoms with Crippen molar-refractivity contribution in [1.29, 1.82) is 0 Å². The van der Waals surface area contributed by atoms with Gasteiger partial charge in [0, 0.05) is 5.56 Å². The van der Waals surface area contributed by atoms with E-state index in [1.165, 1.54) is 54.7 Å². The number of carbonyl (C=O) groups is 2. The van der Waals surface area contributed by atoms with Gasteiger partial charge < -0.3 is 9.90 Å². The Hall–Kier alpha value is -3.02. The second-order valence-electron chi connectivity index (χ2n) is 4.12.